The van der Waals surface area contributed by atoms with Crippen LogP contribution in [-0.4, -0.2) is 4.98 Å². The lowest BCUT2D eigenvalue weighted by Crippen LogP contribution is -2.03. The number of alkyl halides is 3. The van der Waals surface area contributed by atoms with Crippen molar-refractivity contribution in [2.75, 3.05) is 0 Å². The van der Waals surface area contributed by atoms with E-state index in [0.29, 0.717) is 5.69 Å². The van der Waals surface area contributed by atoms with E-state index >= 15 is 0 Å². The molecule has 0 unspecified atom stereocenters. The van der Waals surface area contributed by atoms with Crippen LogP contribution in [-0.2, 0) is 3.79 Å². The van der Waals surface area contributed by atoms with Crippen molar-refractivity contribution < 1.29 is 0 Å². The number of rotatable bonds is 1. The molecule has 1 aromatic carbocycles. The Hall–Kier alpha value is -0.760. The summed E-state index contributed by atoms with van der Waals surface area (Å²) in [5.74, 6) is 0. The van der Waals surface area contributed by atoms with E-state index in [2.05, 4.69) is 4.98 Å². The van der Waals surface area contributed by atoms with Crippen LogP contribution in [0.4, 0.5) is 0 Å². The van der Waals surface area contributed by atoms with Gasteiger partial charge < -0.3 is 0 Å². The van der Waals surface area contributed by atoms with Gasteiger partial charge in [0.2, 0.25) is 3.79 Å². The molecule has 0 spiro atoms. The molecule has 0 saturated heterocycles. The highest BCUT2D eigenvalue weighted by molar-refractivity contribution is 6.66. The predicted molar refractivity (Wildman–Crippen MR) is 68.9 cm³/mol. The number of benzene rings is 1. The van der Waals surface area contributed by atoms with E-state index in [1.54, 1.807) is 12.3 Å². The molecule has 0 amide bonds. The lowest BCUT2D eigenvalue weighted by Gasteiger charge is -2.11. The number of hydrogen-bond acceptors (Lipinski definition) is 1. The first-order valence-corrected chi connectivity index (χ1v) is 5.79. The molecule has 0 saturated carbocycles. The van der Waals surface area contributed by atoms with E-state index in [4.69, 9.17) is 34.8 Å². The summed E-state index contributed by atoms with van der Waals surface area (Å²) in [7, 11) is 0. The van der Waals surface area contributed by atoms with Crippen molar-refractivity contribution in [2.45, 2.75) is 3.79 Å². The molecule has 1 heterocycles. The average molecular weight is 273 g/mol. The molecular formula is C12H8Cl3N. The van der Waals surface area contributed by atoms with Gasteiger partial charge in [0.15, 0.2) is 0 Å². The Morgan fingerprint density at radius 1 is 0.875 bits per heavy atom. The first-order valence-electron chi connectivity index (χ1n) is 4.66. The third-order valence-electron chi connectivity index (χ3n) is 2.16. The van der Waals surface area contributed by atoms with E-state index < -0.39 is 3.79 Å². The maximum absolute atomic E-state index is 5.79. The van der Waals surface area contributed by atoms with Gasteiger partial charge in [-0.25, -0.2) is 0 Å². The van der Waals surface area contributed by atoms with Crippen LogP contribution in [0.25, 0.3) is 11.1 Å². The molecule has 4 heteroatoms. The fourth-order valence-electron chi connectivity index (χ4n) is 1.40. The van der Waals surface area contributed by atoms with Crippen molar-refractivity contribution in [1.82, 2.24) is 4.98 Å². The van der Waals surface area contributed by atoms with Crippen LogP contribution in [0.5, 0.6) is 0 Å². The Morgan fingerprint density at radius 2 is 1.56 bits per heavy atom. The first-order chi connectivity index (χ1) is 7.57. The van der Waals surface area contributed by atoms with Gasteiger partial charge in [-0.05, 0) is 23.3 Å². The molecule has 0 aliphatic carbocycles. The summed E-state index contributed by atoms with van der Waals surface area (Å²) in [6, 6.07) is 13.5. The van der Waals surface area contributed by atoms with Gasteiger partial charge in [0.1, 0.15) is 0 Å². The topological polar surface area (TPSA) is 12.9 Å². The Labute approximate surface area is 109 Å². The van der Waals surface area contributed by atoms with Crippen LogP contribution < -0.4 is 0 Å². The summed E-state index contributed by atoms with van der Waals surface area (Å²) < 4.78 is -1.48. The fraction of sp³-hybridized carbons (Fsp3) is 0.0833. The summed E-state index contributed by atoms with van der Waals surface area (Å²) in [6.45, 7) is 0. The van der Waals surface area contributed by atoms with Crippen molar-refractivity contribution in [3.05, 3.63) is 54.4 Å². The van der Waals surface area contributed by atoms with Gasteiger partial charge in [0.05, 0.1) is 5.69 Å². The Balaban J connectivity index is 2.45. The summed E-state index contributed by atoms with van der Waals surface area (Å²) in [5.41, 5.74) is 2.48. The Kier molecular flexibility index (Phi) is 3.38. The predicted octanol–water partition coefficient (Wildman–Crippen LogP) is 4.58. The van der Waals surface area contributed by atoms with Gasteiger partial charge in [-0.2, -0.15) is 0 Å². The summed E-state index contributed by atoms with van der Waals surface area (Å²) in [5, 5.41) is 0. The normalized spacial score (nSPS) is 11.4. The van der Waals surface area contributed by atoms with Crippen LogP contribution in [0.1, 0.15) is 5.69 Å². The standard InChI is InChI=1S/C12H8Cl3N/c13-12(14,15)11-8-10(6-7-16-11)9-4-2-1-3-5-9/h1-8H. The van der Waals surface area contributed by atoms with Crippen LogP contribution in [0.2, 0.25) is 0 Å². The molecule has 82 valence electrons. The van der Waals surface area contributed by atoms with Crippen LogP contribution >= 0.6 is 34.8 Å². The lowest BCUT2D eigenvalue weighted by atomic mass is 10.1. The molecular weight excluding hydrogens is 264 g/mol. The smallest absolute Gasteiger partial charge is 0.232 e. The third kappa shape index (κ3) is 2.67. The number of halogens is 3. The lowest BCUT2D eigenvalue weighted by molar-refractivity contribution is 1.09. The second kappa shape index (κ2) is 4.62. The molecule has 0 fully saturated rings. The van der Waals surface area contributed by atoms with E-state index in [9.17, 15) is 0 Å². The van der Waals surface area contributed by atoms with E-state index in [-0.39, 0.29) is 0 Å². The van der Waals surface area contributed by atoms with Crippen molar-refractivity contribution in [2.24, 2.45) is 0 Å². The zero-order valence-corrected chi connectivity index (χ0v) is 10.5. The maximum atomic E-state index is 5.79. The molecule has 1 nitrogen and oxygen atoms in total. The highest BCUT2D eigenvalue weighted by Crippen LogP contribution is 2.38. The van der Waals surface area contributed by atoms with Gasteiger partial charge in [-0.15, -0.1) is 0 Å². The molecule has 2 rings (SSSR count). The van der Waals surface area contributed by atoms with Crippen molar-refractivity contribution in [3.8, 4) is 11.1 Å². The highest BCUT2D eigenvalue weighted by Gasteiger charge is 2.24. The Bertz CT molecular complexity index is 477. The number of nitrogens with zero attached hydrogens (tertiary/aromatic N) is 1. The quantitative estimate of drug-likeness (QED) is 0.693. The van der Waals surface area contributed by atoms with Crippen LogP contribution in [0, 0.1) is 0 Å². The average Bonchev–Trinajstić information content (AvgIpc) is 2.29. The minimum Gasteiger partial charge on any atom is -0.257 e. The first kappa shape index (κ1) is 11.7. The molecule has 1 aromatic heterocycles. The number of pyridine rings is 1. The second-order valence-electron chi connectivity index (χ2n) is 3.29. The van der Waals surface area contributed by atoms with Crippen molar-refractivity contribution in [3.63, 3.8) is 0 Å². The van der Waals surface area contributed by atoms with Crippen molar-refractivity contribution >= 4 is 34.8 Å². The van der Waals surface area contributed by atoms with E-state index in [1.165, 1.54) is 0 Å². The monoisotopic (exact) mass is 271 g/mol. The van der Waals surface area contributed by atoms with Gasteiger partial charge in [-0.1, -0.05) is 65.1 Å². The number of aromatic nitrogens is 1. The minimum atomic E-state index is -1.48. The van der Waals surface area contributed by atoms with Crippen LogP contribution in [0.3, 0.4) is 0 Å². The van der Waals surface area contributed by atoms with E-state index in [0.717, 1.165) is 11.1 Å². The zero-order chi connectivity index (χ0) is 11.6. The van der Waals surface area contributed by atoms with Crippen LogP contribution in [0.15, 0.2) is 48.7 Å². The van der Waals surface area contributed by atoms with Gasteiger partial charge in [0, 0.05) is 6.20 Å². The summed E-state index contributed by atoms with van der Waals surface area (Å²) in [4.78, 5) is 4.04. The molecule has 16 heavy (non-hydrogen) atoms. The maximum Gasteiger partial charge on any atom is 0.232 e. The fourth-order valence-corrected chi connectivity index (χ4v) is 1.71. The van der Waals surface area contributed by atoms with Crippen molar-refractivity contribution in [1.29, 1.82) is 0 Å². The zero-order valence-electron chi connectivity index (χ0n) is 8.20. The third-order valence-corrected chi connectivity index (χ3v) is 2.74. The molecule has 0 atom stereocenters. The number of hydrogen-bond donors (Lipinski definition) is 0. The molecule has 0 N–H and O–H groups in total. The summed E-state index contributed by atoms with van der Waals surface area (Å²) in [6.07, 6.45) is 1.64. The second-order valence-corrected chi connectivity index (χ2v) is 5.57. The molecule has 0 radical (unpaired) electrons. The molecule has 0 aliphatic heterocycles. The van der Waals surface area contributed by atoms with Gasteiger partial charge in [0.25, 0.3) is 0 Å². The van der Waals surface area contributed by atoms with Gasteiger partial charge >= 0.3 is 0 Å². The SMILES string of the molecule is ClC(Cl)(Cl)c1cc(-c2ccccc2)ccn1. The minimum absolute atomic E-state index is 0.429. The van der Waals surface area contributed by atoms with E-state index in [1.807, 2.05) is 36.4 Å². The summed E-state index contributed by atoms with van der Waals surface area (Å²) >= 11 is 17.4. The van der Waals surface area contributed by atoms with Gasteiger partial charge in [-0.3, -0.25) is 4.98 Å². The molecule has 2 aromatic rings. The molecule has 0 bridgehead atoms. The molecule has 0 aliphatic rings. The highest BCUT2D eigenvalue weighted by atomic mass is 35.6. The largest absolute Gasteiger partial charge is 0.257 e. The Morgan fingerprint density at radius 3 is 2.19 bits per heavy atom.